The molecule has 0 spiro atoms. The molecule has 0 aliphatic carbocycles. The molecule has 0 rings (SSSR count). The van der Waals surface area contributed by atoms with E-state index in [2.05, 4.69) is 15.9 Å². The molecule has 0 aromatic heterocycles. The summed E-state index contributed by atoms with van der Waals surface area (Å²) in [6, 6.07) is 0. The second kappa shape index (κ2) is 6.77. The number of hydrogen-bond acceptors (Lipinski definition) is 3. The highest BCUT2D eigenvalue weighted by Gasteiger charge is 2.24. The summed E-state index contributed by atoms with van der Waals surface area (Å²) in [5.41, 5.74) is 0. The van der Waals surface area contributed by atoms with E-state index < -0.39 is 13.3 Å². The van der Waals surface area contributed by atoms with Crippen LogP contribution in [0.2, 0.25) is 0 Å². The van der Waals surface area contributed by atoms with Crippen LogP contribution >= 0.6 is 23.3 Å². The minimum Gasteiger partial charge on any atom is -0.466 e. The summed E-state index contributed by atoms with van der Waals surface area (Å²) in [7, 11) is -3.20. The molecule has 0 amide bonds. The van der Waals surface area contributed by atoms with Gasteiger partial charge in [-0.25, -0.2) is 0 Å². The molecule has 0 bridgehead atoms. The Morgan fingerprint density at radius 1 is 1.44 bits per heavy atom. The Bertz CT molecular complexity index is 272. The number of ether oxygens (including phenoxy) is 1. The highest BCUT2D eigenvalue weighted by Crippen LogP contribution is 2.43. The Balaban J connectivity index is 3.96. The molecule has 0 saturated heterocycles. The molecule has 96 valence electrons. The standard InChI is InChI=1S/C10H20BrO4P/c1-4-15-9(12)5-7-16(13,14)8-6-10(2,3)11/h4-8H2,1-3H3,(H,13,14). The third kappa shape index (κ3) is 9.37. The number of rotatable bonds is 7. The Morgan fingerprint density at radius 3 is 2.44 bits per heavy atom. The van der Waals surface area contributed by atoms with Crippen LogP contribution in [0.25, 0.3) is 0 Å². The van der Waals surface area contributed by atoms with E-state index in [-0.39, 0.29) is 23.1 Å². The fourth-order valence-corrected chi connectivity index (χ4v) is 3.22. The van der Waals surface area contributed by atoms with Crippen LogP contribution in [0.3, 0.4) is 0 Å². The van der Waals surface area contributed by atoms with Gasteiger partial charge in [0, 0.05) is 16.6 Å². The van der Waals surface area contributed by atoms with Crippen molar-refractivity contribution in [1.82, 2.24) is 0 Å². The summed E-state index contributed by atoms with van der Waals surface area (Å²) >= 11 is 3.41. The Morgan fingerprint density at radius 2 is 2.00 bits per heavy atom. The Labute approximate surface area is 105 Å². The Kier molecular flexibility index (Phi) is 6.83. The normalized spacial score (nSPS) is 15.6. The quantitative estimate of drug-likeness (QED) is 0.446. The molecule has 0 aliphatic heterocycles. The van der Waals surface area contributed by atoms with E-state index in [1.54, 1.807) is 6.92 Å². The molecule has 16 heavy (non-hydrogen) atoms. The molecule has 4 nitrogen and oxygen atoms in total. The zero-order chi connectivity index (χ0) is 12.8. The lowest BCUT2D eigenvalue weighted by atomic mass is 10.2. The van der Waals surface area contributed by atoms with E-state index >= 15 is 0 Å². The van der Waals surface area contributed by atoms with Gasteiger partial charge in [-0.2, -0.15) is 0 Å². The first kappa shape index (κ1) is 16.1. The van der Waals surface area contributed by atoms with Crippen LogP contribution in [0.15, 0.2) is 0 Å². The number of carbonyl (C=O) groups is 1. The number of halogens is 1. The number of hydrogen-bond donors (Lipinski definition) is 1. The van der Waals surface area contributed by atoms with Crippen molar-refractivity contribution in [2.24, 2.45) is 0 Å². The van der Waals surface area contributed by atoms with Gasteiger partial charge in [-0.1, -0.05) is 29.8 Å². The Hall–Kier alpha value is 0.140. The summed E-state index contributed by atoms with van der Waals surface area (Å²) in [5, 5.41) is 0. The lowest BCUT2D eigenvalue weighted by molar-refractivity contribution is -0.142. The van der Waals surface area contributed by atoms with Crippen LogP contribution < -0.4 is 0 Å². The van der Waals surface area contributed by atoms with Crippen molar-refractivity contribution < 1.29 is 19.0 Å². The lowest BCUT2D eigenvalue weighted by Gasteiger charge is -2.18. The summed E-state index contributed by atoms with van der Waals surface area (Å²) in [4.78, 5) is 20.6. The zero-order valence-corrected chi connectivity index (χ0v) is 12.5. The van der Waals surface area contributed by atoms with Crippen LogP contribution in [0, 0.1) is 0 Å². The maximum absolute atomic E-state index is 11.7. The summed E-state index contributed by atoms with van der Waals surface area (Å²) in [6.45, 7) is 5.91. The monoisotopic (exact) mass is 314 g/mol. The highest BCUT2D eigenvalue weighted by atomic mass is 79.9. The molecular weight excluding hydrogens is 295 g/mol. The van der Waals surface area contributed by atoms with Crippen molar-refractivity contribution in [3.05, 3.63) is 0 Å². The SMILES string of the molecule is CCOC(=O)CCP(=O)(O)CCC(C)(C)Br. The van der Waals surface area contributed by atoms with Gasteiger partial charge in [-0.3, -0.25) is 9.36 Å². The number of carbonyl (C=O) groups excluding carboxylic acids is 1. The molecule has 0 heterocycles. The van der Waals surface area contributed by atoms with Crippen LogP contribution in [-0.2, 0) is 14.1 Å². The predicted molar refractivity (Wildman–Crippen MR) is 68.4 cm³/mol. The van der Waals surface area contributed by atoms with Crippen LogP contribution in [0.5, 0.6) is 0 Å². The van der Waals surface area contributed by atoms with Gasteiger partial charge < -0.3 is 9.63 Å². The van der Waals surface area contributed by atoms with Crippen LogP contribution in [0.1, 0.15) is 33.6 Å². The smallest absolute Gasteiger partial charge is 0.306 e. The van der Waals surface area contributed by atoms with Crippen molar-refractivity contribution >= 4 is 29.3 Å². The van der Waals surface area contributed by atoms with Crippen LogP contribution in [0.4, 0.5) is 0 Å². The lowest BCUT2D eigenvalue weighted by Crippen LogP contribution is -2.13. The highest BCUT2D eigenvalue weighted by molar-refractivity contribution is 9.10. The number of esters is 1. The molecule has 1 unspecified atom stereocenters. The molecule has 0 radical (unpaired) electrons. The van der Waals surface area contributed by atoms with Gasteiger partial charge in [0.2, 0.25) is 7.37 Å². The number of alkyl halides is 1. The van der Waals surface area contributed by atoms with Crippen LogP contribution in [-0.4, -0.2) is 34.1 Å². The van der Waals surface area contributed by atoms with Gasteiger partial charge in [-0.15, -0.1) is 0 Å². The summed E-state index contributed by atoms with van der Waals surface area (Å²) in [6.07, 6.45) is 0.855. The average molecular weight is 315 g/mol. The molecule has 1 atom stereocenters. The van der Waals surface area contributed by atoms with E-state index in [9.17, 15) is 14.3 Å². The molecule has 0 aromatic carbocycles. The van der Waals surface area contributed by atoms with Crippen molar-refractivity contribution in [3.8, 4) is 0 Å². The van der Waals surface area contributed by atoms with Crippen molar-refractivity contribution in [3.63, 3.8) is 0 Å². The zero-order valence-electron chi connectivity index (χ0n) is 10.0. The van der Waals surface area contributed by atoms with Gasteiger partial charge in [0.15, 0.2) is 0 Å². The van der Waals surface area contributed by atoms with E-state index in [4.69, 9.17) is 4.74 Å². The van der Waals surface area contributed by atoms with Gasteiger partial charge in [-0.05, 0) is 13.3 Å². The molecule has 0 aliphatic rings. The first-order valence-corrected chi connectivity index (χ1v) is 8.14. The average Bonchev–Trinajstić information content (AvgIpc) is 2.12. The second-order valence-electron chi connectivity index (χ2n) is 4.32. The van der Waals surface area contributed by atoms with Gasteiger partial charge in [0.05, 0.1) is 13.0 Å². The molecule has 6 heteroatoms. The third-order valence-corrected chi connectivity index (χ3v) is 4.27. The molecule has 0 aromatic rings. The largest absolute Gasteiger partial charge is 0.466 e. The van der Waals surface area contributed by atoms with Gasteiger partial charge in [0.1, 0.15) is 0 Å². The fraction of sp³-hybridized carbons (Fsp3) is 0.900. The maximum Gasteiger partial charge on any atom is 0.306 e. The van der Waals surface area contributed by atoms with Crippen molar-refractivity contribution in [2.75, 3.05) is 18.9 Å². The van der Waals surface area contributed by atoms with Crippen molar-refractivity contribution in [2.45, 2.75) is 37.9 Å². The van der Waals surface area contributed by atoms with E-state index in [0.717, 1.165) is 0 Å². The minimum atomic E-state index is -3.20. The first-order valence-electron chi connectivity index (χ1n) is 5.32. The topological polar surface area (TPSA) is 63.6 Å². The van der Waals surface area contributed by atoms with E-state index in [1.165, 1.54) is 0 Å². The fourth-order valence-electron chi connectivity index (χ4n) is 1.05. The third-order valence-electron chi connectivity index (χ3n) is 2.03. The van der Waals surface area contributed by atoms with E-state index in [1.807, 2.05) is 13.8 Å². The predicted octanol–water partition coefficient (Wildman–Crippen LogP) is 2.77. The second-order valence-corrected chi connectivity index (χ2v) is 9.05. The minimum absolute atomic E-state index is 0.00884. The van der Waals surface area contributed by atoms with Gasteiger partial charge in [0.25, 0.3) is 0 Å². The first-order chi connectivity index (χ1) is 7.16. The maximum atomic E-state index is 11.7. The molecule has 0 saturated carbocycles. The molecule has 1 N–H and O–H groups in total. The van der Waals surface area contributed by atoms with E-state index in [0.29, 0.717) is 13.0 Å². The van der Waals surface area contributed by atoms with Gasteiger partial charge >= 0.3 is 5.97 Å². The summed E-state index contributed by atoms with van der Waals surface area (Å²) < 4.78 is 16.3. The molecular formula is C10H20BrO4P. The summed E-state index contributed by atoms with van der Waals surface area (Å²) in [5.74, 6) is -0.408. The molecule has 0 fully saturated rings. The van der Waals surface area contributed by atoms with Crippen molar-refractivity contribution in [1.29, 1.82) is 0 Å².